The van der Waals surface area contributed by atoms with E-state index < -0.39 is 5.54 Å². The summed E-state index contributed by atoms with van der Waals surface area (Å²) in [5.74, 6) is -0.118. The van der Waals surface area contributed by atoms with E-state index in [2.05, 4.69) is 10.3 Å². The molecule has 1 aliphatic carbocycles. The molecule has 1 aliphatic rings. The van der Waals surface area contributed by atoms with Gasteiger partial charge in [-0.2, -0.15) is 0 Å². The highest BCUT2D eigenvalue weighted by Gasteiger charge is 2.42. The lowest BCUT2D eigenvalue weighted by molar-refractivity contribution is -0.149. The zero-order valence-corrected chi connectivity index (χ0v) is 13.6. The van der Waals surface area contributed by atoms with E-state index >= 15 is 0 Å². The van der Waals surface area contributed by atoms with Crippen LogP contribution < -0.4 is 5.32 Å². The third kappa shape index (κ3) is 3.14. The lowest BCUT2D eigenvalue weighted by Crippen LogP contribution is -2.56. The second-order valence-corrected chi connectivity index (χ2v) is 6.46. The molecule has 0 unspecified atom stereocenters. The van der Waals surface area contributed by atoms with Crippen LogP contribution in [-0.2, 0) is 9.53 Å². The summed E-state index contributed by atoms with van der Waals surface area (Å²) in [4.78, 5) is 29.0. The Kier molecular flexibility index (Phi) is 4.47. The molecule has 2 aromatic heterocycles. The number of methoxy groups -OCH3 is 1. The number of thiazole rings is 1. The second-order valence-electron chi connectivity index (χ2n) is 5.60. The Morgan fingerprint density at radius 1 is 1.35 bits per heavy atom. The highest BCUT2D eigenvalue weighted by Crippen LogP contribution is 2.30. The normalized spacial score (nSPS) is 16.7. The van der Waals surface area contributed by atoms with E-state index in [9.17, 15) is 9.59 Å². The average molecular weight is 334 g/mol. The summed E-state index contributed by atoms with van der Waals surface area (Å²) in [6.07, 6.45) is 5.61. The van der Waals surface area contributed by atoms with Gasteiger partial charge in [0.2, 0.25) is 0 Å². The smallest absolute Gasteiger partial charge is 0.331 e. The molecular weight excluding hydrogens is 316 g/mol. The SMILES string of the molecule is COC(=O)C1(NC(=O)c2csc(-c3ccco3)n2)CCCCC1. The third-order valence-electron chi connectivity index (χ3n) is 4.10. The molecule has 1 amide bonds. The second kappa shape index (κ2) is 6.54. The Morgan fingerprint density at radius 2 is 2.13 bits per heavy atom. The van der Waals surface area contributed by atoms with E-state index in [0.29, 0.717) is 23.6 Å². The lowest BCUT2D eigenvalue weighted by Gasteiger charge is -2.34. The van der Waals surface area contributed by atoms with Crippen molar-refractivity contribution in [1.82, 2.24) is 10.3 Å². The lowest BCUT2D eigenvalue weighted by atomic mass is 9.81. The van der Waals surface area contributed by atoms with Gasteiger partial charge in [-0.15, -0.1) is 11.3 Å². The van der Waals surface area contributed by atoms with E-state index in [1.165, 1.54) is 18.4 Å². The van der Waals surface area contributed by atoms with E-state index in [0.717, 1.165) is 19.3 Å². The Balaban J connectivity index is 1.78. The van der Waals surface area contributed by atoms with Crippen molar-refractivity contribution in [2.45, 2.75) is 37.6 Å². The fraction of sp³-hybridized carbons (Fsp3) is 0.438. The van der Waals surface area contributed by atoms with Crippen LogP contribution in [0.2, 0.25) is 0 Å². The average Bonchev–Trinajstić information content (AvgIpc) is 3.25. The number of carbonyl (C=O) groups excluding carboxylic acids is 2. The molecule has 7 heteroatoms. The number of nitrogens with one attached hydrogen (secondary N) is 1. The summed E-state index contributed by atoms with van der Waals surface area (Å²) in [5, 5.41) is 5.16. The molecule has 0 spiro atoms. The fourth-order valence-electron chi connectivity index (χ4n) is 2.90. The molecule has 23 heavy (non-hydrogen) atoms. The van der Waals surface area contributed by atoms with Crippen LogP contribution in [-0.4, -0.2) is 29.5 Å². The monoisotopic (exact) mass is 334 g/mol. The summed E-state index contributed by atoms with van der Waals surface area (Å²) in [6.45, 7) is 0. The molecule has 122 valence electrons. The molecule has 6 nitrogen and oxygen atoms in total. The van der Waals surface area contributed by atoms with Crippen LogP contribution in [0.4, 0.5) is 0 Å². The van der Waals surface area contributed by atoms with Crippen molar-refractivity contribution in [3.05, 3.63) is 29.5 Å². The third-order valence-corrected chi connectivity index (χ3v) is 4.96. The minimum Gasteiger partial charge on any atom is -0.467 e. The maximum absolute atomic E-state index is 12.5. The molecule has 1 N–H and O–H groups in total. The van der Waals surface area contributed by atoms with Gasteiger partial charge in [-0.05, 0) is 25.0 Å². The van der Waals surface area contributed by atoms with Crippen LogP contribution in [0.1, 0.15) is 42.6 Å². The van der Waals surface area contributed by atoms with Crippen molar-refractivity contribution in [3.8, 4) is 10.8 Å². The zero-order valence-electron chi connectivity index (χ0n) is 12.8. The number of furan rings is 1. The molecule has 0 saturated heterocycles. The van der Waals surface area contributed by atoms with E-state index in [4.69, 9.17) is 9.15 Å². The number of carbonyl (C=O) groups is 2. The van der Waals surface area contributed by atoms with Gasteiger partial charge in [0.05, 0.1) is 13.4 Å². The number of rotatable bonds is 4. The Bertz CT molecular complexity index is 687. The summed E-state index contributed by atoms with van der Waals surface area (Å²) < 4.78 is 10.2. The van der Waals surface area contributed by atoms with Crippen molar-refractivity contribution in [1.29, 1.82) is 0 Å². The molecule has 0 bridgehead atoms. The predicted molar refractivity (Wildman–Crippen MR) is 85.1 cm³/mol. The van der Waals surface area contributed by atoms with Gasteiger partial charge in [-0.3, -0.25) is 4.79 Å². The summed E-state index contributed by atoms with van der Waals surface area (Å²) in [6, 6.07) is 3.56. The van der Waals surface area contributed by atoms with Crippen LogP contribution in [0.15, 0.2) is 28.2 Å². The molecule has 0 aromatic carbocycles. The molecular formula is C16H18N2O4S. The van der Waals surface area contributed by atoms with Gasteiger partial charge < -0.3 is 14.5 Å². The minimum absolute atomic E-state index is 0.287. The predicted octanol–water partition coefficient (Wildman–Crippen LogP) is 3.01. The molecule has 0 atom stereocenters. The van der Waals surface area contributed by atoms with Crippen LogP contribution in [0, 0.1) is 0 Å². The number of esters is 1. The number of aromatic nitrogens is 1. The topological polar surface area (TPSA) is 81.4 Å². The summed E-state index contributed by atoms with van der Waals surface area (Å²) in [7, 11) is 1.35. The molecule has 1 fully saturated rings. The zero-order chi connectivity index (χ0) is 16.3. The first-order chi connectivity index (χ1) is 11.1. The van der Waals surface area contributed by atoms with Crippen molar-refractivity contribution < 1.29 is 18.7 Å². The summed E-state index contributed by atoms with van der Waals surface area (Å²) in [5.41, 5.74) is -0.645. The van der Waals surface area contributed by atoms with E-state index in [1.54, 1.807) is 23.8 Å². The van der Waals surface area contributed by atoms with E-state index in [1.807, 2.05) is 0 Å². The quantitative estimate of drug-likeness (QED) is 0.869. The standard InChI is InChI=1S/C16H18N2O4S/c1-21-15(20)16(7-3-2-4-8-16)18-13(19)11-10-23-14(17-11)12-6-5-9-22-12/h5-6,9-10H,2-4,7-8H2,1H3,(H,18,19). The Hall–Kier alpha value is -2.15. The van der Waals surface area contributed by atoms with Gasteiger partial charge in [-0.1, -0.05) is 19.3 Å². The molecule has 0 aliphatic heterocycles. The van der Waals surface area contributed by atoms with E-state index in [-0.39, 0.29) is 17.6 Å². The van der Waals surface area contributed by atoms with Crippen LogP contribution in [0.5, 0.6) is 0 Å². The van der Waals surface area contributed by atoms with Crippen LogP contribution >= 0.6 is 11.3 Å². The van der Waals surface area contributed by atoms with Gasteiger partial charge in [0.25, 0.3) is 5.91 Å². The van der Waals surface area contributed by atoms with Gasteiger partial charge in [0.1, 0.15) is 11.2 Å². The van der Waals surface area contributed by atoms with Gasteiger partial charge in [0.15, 0.2) is 10.8 Å². The summed E-state index contributed by atoms with van der Waals surface area (Å²) >= 11 is 1.33. The van der Waals surface area contributed by atoms with Crippen molar-refractivity contribution in [2.24, 2.45) is 0 Å². The van der Waals surface area contributed by atoms with Crippen LogP contribution in [0.25, 0.3) is 10.8 Å². The molecule has 3 rings (SSSR count). The highest BCUT2D eigenvalue weighted by molar-refractivity contribution is 7.13. The maximum atomic E-state index is 12.5. The highest BCUT2D eigenvalue weighted by atomic mass is 32.1. The molecule has 2 aromatic rings. The molecule has 2 heterocycles. The first-order valence-electron chi connectivity index (χ1n) is 7.55. The maximum Gasteiger partial charge on any atom is 0.331 e. The number of hydrogen-bond acceptors (Lipinski definition) is 6. The Morgan fingerprint density at radius 3 is 2.78 bits per heavy atom. The van der Waals surface area contributed by atoms with Crippen molar-refractivity contribution >= 4 is 23.2 Å². The first-order valence-corrected chi connectivity index (χ1v) is 8.43. The number of hydrogen-bond donors (Lipinski definition) is 1. The van der Waals surface area contributed by atoms with Gasteiger partial charge in [0, 0.05) is 5.38 Å². The van der Waals surface area contributed by atoms with Crippen molar-refractivity contribution in [2.75, 3.05) is 7.11 Å². The van der Waals surface area contributed by atoms with Crippen LogP contribution in [0.3, 0.4) is 0 Å². The van der Waals surface area contributed by atoms with Gasteiger partial charge >= 0.3 is 5.97 Å². The molecule has 1 saturated carbocycles. The minimum atomic E-state index is -0.932. The first kappa shape index (κ1) is 15.7. The number of ether oxygens (including phenoxy) is 1. The van der Waals surface area contributed by atoms with Gasteiger partial charge in [-0.25, -0.2) is 9.78 Å². The number of nitrogens with zero attached hydrogens (tertiary/aromatic N) is 1. The van der Waals surface area contributed by atoms with Crippen molar-refractivity contribution in [3.63, 3.8) is 0 Å². The number of amides is 1. The molecule has 0 radical (unpaired) electrons. The Labute approximate surface area is 137 Å². The largest absolute Gasteiger partial charge is 0.467 e. The fourth-order valence-corrected chi connectivity index (χ4v) is 3.67.